The van der Waals surface area contributed by atoms with Gasteiger partial charge in [0.1, 0.15) is 0 Å². The molecule has 0 aliphatic heterocycles. The van der Waals surface area contributed by atoms with Crippen molar-refractivity contribution >= 4 is 15.2 Å². The van der Waals surface area contributed by atoms with E-state index in [0.717, 1.165) is 39.9 Å². The van der Waals surface area contributed by atoms with Crippen LogP contribution in [0.3, 0.4) is 0 Å². The molecular weight excluding hydrogens is 187 g/mol. The molecular formula is C12H28AlO. The van der Waals surface area contributed by atoms with Crippen LogP contribution in [0.25, 0.3) is 0 Å². The third-order valence-electron chi connectivity index (χ3n) is 1.79. The van der Waals surface area contributed by atoms with Crippen LogP contribution in [0.15, 0.2) is 0 Å². The van der Waals surface area contributed by atoms with Gasteiger partial charge in [-0.2, -0.15) is 0 Å². The van der Waals surface area contributed by atoms with E-state index in [4.69, 9.17) is 5.11 Å². The molecule has 1 nitrogen and oxygen atoms in total. The number of hydrogen-bond acceptors (Lipinski definition) is 1. The van der Waals surface area contributed by atoms with Gasteiger partial charge in [-0.15, -0.1) is 10.6 Å². The Morgan fingerprint density at radius 2 is 1.43 bits per heavy atom. The minimum absolute atomic E-state index is 0.344. The summed E-state index contributed by atoms with van der Waals surface area (Å²) in [7, 11) is 0. The summed E-state index contributed by atoms with van der Waals surface area (Å²) in [6.45, 7) is 11.6. The quantitative estimate of drug-likeness (QED) is 0.671. The summed E-state index contributed by atoms with van der Waals surface area (Å²) in [6.07, 6.45) is 2.04. The Kier molecular flexibility index (Phi) is 16.3. The van der Waals surface area contributed by atoms with Gasteiger partial charge in [0.05, 0.1) is 0 Å². The molecule has 0 aromatic heterocycles. The third-order valence-corrected chi connectivity index (χ3v) is 4.34. The lowest BCUT2D eigenvalue weighted by Gasteiger charge is -2.03. The van der Waals surface area contributed by atoms with Crippen molar-refractivity contribution in [1.82, 2.24) is 0 Å². The highest BCUT2D eigenvalue weighted by Crippen LogP contribution is 2.05. The fraction of sp³-hybridized carbons (Fsp3) is 1.00. The minimum Gasteiger partial charge on any atom is -0.396 e. The van der Waals surface area contributed by atoms with Crippen molar-refractivity contribution in [2.24, 2.45) is 11.8 Å². The first-order valence-electron chi connectivity index (χ1n) is 5.97. The molecule has 0 saturated carbocycles. The highest BCUT2D eigenvalue weighted by molar-refractivity contribution is 6.35. The van der Waals surface area contributed by atoms with Crippen LogP contribution in [0.2, 0.25) is 10.6 Å². The molecule has 0 rings (SSSR count). The number of hydrogen-bond donors (Lipinski definition) is 1. The normalized spacial score (nSPS) is 10.0. The molecule has 0 aromatic rings. The lowest BCUT2D eigenvalue weighted by atomic mass is 10.3. The van der Waals surface area contributed by atoms with Gasteiger partial charge in [-0.1, -0.05) is 52.9 Å². The van der Waals surface area contributed by atoms with Crippen LogP contribution in [-0.4, -0.2) is 26.9 Å². The van der Waals surface area contributed by atoms with Crippen LogP contribution in [-0.2, 0) is 0 Å². The standard InChI is InChI=1S/C4H10O.2C4H9.Al/c1-2-3-4-5;2*1-4(2)3;/h5H,2-4H2,1H3;2*4H,1H2,2-3H3;. The zero-order valence-electron chi connectivity index (χ0n) is 10.7. The maximum absolute atomic E-state index is 8.07. The Balaban J connectivity index is 0. The van der Waals surface area contributed by atoms with Crippen molar-refractivity contribution in [2.75, 3.05) is 6.61 Å². The summed E-state index contributed by atoms with van der Waals surface area (Å²) in [5.74, 6) is 1.86. The van der Waals surface area contributed by atoms with Gasteiger partial charge in [-0.05, 0) is 6.42 Å². The second-order valence-corrected chi connectivity index (χ2v) is 6.15. The van der Waals surface area contributed by atoms with Crippen LogP contribution >= 0.6 is 0 Å². The second-order valence-electron chi connectivity index (χ2n) is 4.62. The topological polar surface area (TPSA) is 20.2 Å². The average molecular weight is 215 g/mol. The Bertz CT molecular complexity index is 82.3. The number of aliphatic hydroxyl groups is 1. The van der Waals surface area contributed by atoms with Gasteiger partial charge in [-0.3, -0.25) is 0 Å². The van der Waals surface area contributed by atoms with Crippen LogP contribution < -0.4 is 0 Å². The van der Waals surface area contributed by atoms with Gasteiger partial charge in [0.15, 0.2) is 0 Å². The first-order chi connectivity index (χ1) is 6.54. The molecule has 0 unspecified atom stereocenters. The molecule has 14 heavy (non-hydrogen) atoms. The summed E-state index contributed by atoms with van der Waals surface area (Å²) < 4.78 is 0. The van der Waals surface area contributed by atoms with Gasteiger partial charge < -0.3 is 5.11 Å². The molecule has 0 aliphatic carbocycles. The number of unbranched alkanes of at least 4 members (excludes halogenated alkanes) is 1. The summed E-state index contributed by atoms with van der Waals surface area (Å²) in [5, 5.41) is 11.0. The van der Waals surface area contributed by atoms with E-state index in [-0.39, 0.29) is 0 Å². The first-order valence-corrected chi connectivity index (χ1v) is 7.60. The molecule has 0 amide bonds. The van der Waals surface area contributed by atoms with Crippen molar-refractivity contribution in [3.05, 3.63) is 0 Å². The Morgan fingerprint density at radius 3 is 1.57 bits per heavy atom. The van der Waals surface area contributed by atoms with Gasteiger partial charge in [0, 0.05) is 6.61 Å². The smallest absolute Gasteiger partial charge is 0.200 e. The van der Waals surface area contributed by atoms with E-state index in [1.807, 2.05) is 0 Å². The SMILES string of the molecule is CC(C)[CH2][Al][CH2]C(C)C.CCCCO. The van der Waals surface area contributed by atoms with Crippen molar-refractivity contribution in [2.45, 2.75) is 58.0 Å². The van der Waals surface area contributed by atoms with Crippen LogP contribution in [0.5, 0.6) is 0 Å². The van der Waals surface area contributed by atoms with Gasteiger partial charge >= 0.3 is 0 Å². The predicted molar refractivity (Wildman–Crippen MR) is 67.0 cm³/mol. The van der Waals surface area contributed by atoms with Crippen molar-refractivity contribution in [1.29, 1.82) is 0 Å². The molecule has 0 atom stereocenters. The zero-order chi connectivity index (χ0) is 11.4. The fourth-order valence-corrected chi connectivity index (χ4v) is 2.45. The van der Waals surface area contributed by atoms with E-state index >= 15 is 0 Å². The summed E-state index contributed by atoms with van der Waals surface area (Å²) in [5.41, 5.74) is 0. The number of rotatable bonds is 6. The maximum Gasteiger partial charge on any atom is 0.200 e. The highest BCUT2D eigenvalue weighted by Gasteiger charge is 1.98. The fourth-order valence-electron chi connectivity index (χ4n) is 0.921. The maximum atomic E-state index is 8.07. The van der Waals surface area contributed by atoms with Crippen molar-refractivity contribution in [3.8, 4) is 0 Å². The van der Waals surface area contributed by atoms with E-state index in [1.54, 1.807) is 0 Å². The highest BCUT2D eigenvalue weighted by atomic mass is 27.1. The zero-order valence-corrected chi connectivity index (χ0v) is 11.9. The second kappa shape index (κ2) is 13.5. The molecule has 0 heterocycles. The molecule has 0 aromatic carbocycles. The van der Waals surface area contributed by atoms with Crippen molar-refractivity contribution < 1.29 is 5.11 Å². The molecule has 0 fully saturated rings. The van der Waals surface area contributed by atoms with Gasteiger partial charge in [0.25, 0.3) is 0 Å². The summed E-state index contributed by atoms with van der Waals surface area (Å²) >= 11 is 0.755. The Morgan fingerprint density at radius 1 is 1.00 bits per heavy atom. The van der Waals surface area contributed by atoms with E-state index < -0.39 is 0 Å². The molecule has 0 bridgehead atoms. The minimum atomic E-state index is 0.344. The van der Waals surface area contributed by atoms with Gasteiger partial charge in [0.2, 0.25) is 15.2 Å². The molecule has 0 saturated heterocycles. The molecule has 1 N–H and O–H groups in total. The molecule has 1 radical (unpaired) electrons. The monoisotopic (exact) mass is 215 g/mol. The van der Waals surface area contributed by atoms with E-state index in [2.05, 4.69) is 34.6 Å². The van der Waals surface area contributed by atoms with Crippen LogP contribution in [0.1, 0.15) is 47.5 Å². The van der Waals surface area contributed by atoms with E-state index in [1.165, 1.54) is 10.6 Å². The summed E-state index contributed by atoms with van der Waals surface area (Å²) in [4.78, 5) is 0. The van der Waals surface area contributed by atoms with E-state index in [9.17, 15) is 0 Å². The average Bonchev–Trinajstić information content (AvgIpc) is 2.05. The lowest BCUT2D eigenvalue weighted by Crippen LogP contribution is -1.99. The molecule has 0 spiro atoms. The Hall–Kier alpha value is 0.492. The lowest BCUT2D eigenvalue weighted by molar-refractivity contribution is 0.287. The van der Waals surface area contributed by atoms with Crippen molar-refractivity contribution in [3.63, 3.8) is 0 Å². The Labute approximate surface area is 97.0 Å². The predicted octanol–water partition coefficient (Wildman–Crippen LogP) is 3.62. The van der Waals surface area contributed by atoms with E-state index in [0.29, 0.717) is 6.61 Å². The molecule has 2 heteroatoms. The molecule has 85 valence electrons. The van der Waals surface area contributed by atoms with Crippen LogP contribution in [0.4, 0.5) is 0 Å². The van der Waals surface area contributed by atoms with Crippen LogP contribution in [0, 0.1) is 11.8 Å². The third kappa shape index (κ3) is 22.9. The molecule has 0 aliphatic rings. The largest absolute Gasteiger partial charge is 0.396 e. The van der Waals surface area contributed by atoms with Gasteiger partial charge in [-0.25, -0.2) is 0 Å². The first kappa shape index (κ1) is 16.9. The number of aliphatic hydroxyl groups excluding tert-OH is 1. The summed E-state index contributed by atoms with van der Waals surface area (Å²) in [6, 6.07) is 0.